The smallest absolute Gasteiger partial charge is 0.406 e. The maximum absolute atomic E-state index is 15.2. The Morgan fingerprint density at radius 3 is 2.42 bits per heavy atom. The molecule has 8 atom stereocenters. The molecule has 86 heavy (non-hydrogen) atoms. The summed E-state index contributed by atoms with van der Waals surface area (Å²) in [7, 11) is 5.05. The number of hydrogen-bond donors (Lipinski definition) is 2. The number of hydrazine groups is 1. The molecule has 9 heterocycles. The van der Waals surface area contributed by atoms with Crippen LogP contribution in [0.15, 0.2) is 35.8 Å². The molecule has 5 saturated heterocycles. The van der Waals surface area contributed by atoms with Gasteiger partial charge in [-0.05, 0) is 107 Å². The van der Waals surface area contributed by atoms with Crippen molar-refractivity contribution in [1.82, 2.24) is 54.8 Å². The minimum absolute atomic E-state index is 0.00883. The van der Waals surface area contributed by atoms with Gasteiger partial charge in [0, 0.05) is 130 Å². The quantitative estimate of drug-likeness (QED) is 0.103. The highest BCUT2D eigenvalue weighted by molar-refractivity contribution is 7.10. The predicted octanol–water partition coefficient (Wildman–Crippen LogP) is 6.53. The third kappa shape index (κ3) is 12.5. The van der Waals surface area contributed by atoms with E-state index in [0.717, 1.165) is 57.5 Å². The number of halogens is 3. The van der Waals surface area contributed by atoms with E-state index >= 15 is 22.8 Å². The van der Waals surface area contributed by atoms with Gasteiger partial charge in [0.1, 0.15) is 24.7 Å². The molecule has 1 aromatic carbocycles. The molecule has 23 heteroatoms. The average Bonchev–Trinajstić information content (AvgIpc) is 1.68. The number of alkyl halides is 3. The Kier molecular flexibility index (Phi) is 16.7. The van der Waals surface area contributed by atoms with Gasteiger partial charge in [0.25, 0.3) is 5.91 Å². The Labute approximate surface area is 506 Å². The molecule has 4 amide bonds. The SMILES string of the molecule is CO[C@@H](C)c1ncc(N2CCN(C3CC3)CC2)cc1-c1c2c3cc(ccc3n1CC(F)(F)F)-c1csc(n1)C[C@H](NC(=O)C(C(C)C)N1CC[C@]3(CCN(C(=O)[C@H]4C(C5CC5)N4CC(=O)N(C)C)C3)C1)C(=O)N1CCC[C@H](N1)C(=O)OCC(C)(C)C2. The fourth-order valence-corrected chi connectivity index (χ4v) is 15.5. The summed E-state index contributed by atoms with van der Waals surface area (Å²) >= 11 is 1.33. The number of ether oxygens (including phenoxy) is 2. The number of carbonyl (C=O) groups excluding carboxylic acids is 5. The molecular formula is C63H85F3N12O7S. The van der Waals surface area contributed by atoms with Gasteiger partial charge in [0.15, 0.2) is 0 Å². The topological polar surface area (TPSA) is 181 Å². The molecular weight excluding hydrogens is 1130 g/mol. The summed E-state index contributed by atoms with van der Waals surface area (Å²) in [6, 6.07) is 5.27. The summed E-state index contributed by atoms with van der Waals surface area (Å²) < 4.78 is 59.1. The standard InChI is InChI=1S/C63H85F3N12O7S/c1-37(2)53(74-20-17-62(33-74)18-21-75(34-62)59(82)56-54(39-11-12-39)76(56)31-51(79)71(6)7)57(80)69-47-28-50-68-48(32-86-50)40-13-16-49-43(26-40)45(29-61(4,5)36-85-60(83)46-10-9-19-78(70-46)58(47)81)55(77(49)35-63(64,65)66)44-27-42(30-67-52(44)38(3)84-8)73-24-22-72(23-25-73)41-14-15-41/h13,16,26-27,30,32,37-39,41,46-47,53-54,56,70H,9-12,14-15,17-25,28-29,31,33-36H2,1-8H3,(H,69,80)/t38-,46-,47-,53?,54?,56+,62-,76?/m0/s1. The number of anilines is 1. The van der Waals surface area contributed by atoms with Gasteiger partial charge in [0.2, 0.25) is 17.7 Å². The summed E-state index contributed by atoms with van der Waals surface area (Å²) in [5.74, 6) is -0.900. The van der Waals surface area contributed by atoms with Gasteiger partial charge in [-0.1, -0.05) is 33.8 Å². The van der Waals surface area contributed by atoms with E-state index in [1.54, 1.807) is 38.2 Å². The number of aromatic nitrogens is 3. The molecule has 19 nitrogen and oxygen atoms in total. The number of esters is 1. The van der Waals surface area contributed by atoms with E-state index in [-0.39, 0.29) is 73.7 Å². The van der Waals surface area contributed by atoms with Crippen molar-refractivity contribution in [2.75, 3.05) is 98.2 Å². The fourth-order valence-electron chi connectivity index (χ4n) is 14.6. The molecule has 6 aliphatic heterocycles. The molecule has 2 aliphatic carbocycles. The number of benzene rings is 1. The number of nitrogens with one attached hydrogen (secondary N) is 2. The number of cyclic esters (lactones) is 1. The summed E-state index contributed by atoms with van der Waals surface area (Å²) in [6.07, 6.45) is 3.92. The van der Waals surface area contributed by atoms with Crippen LogP contribution in [-0.4, -0.2) is 209 Å². The minimum Gasteiger partial charge on any atom is -0.464 e. The van der Waals surface area contributed by atoms with Gasteiger partial charge in [0.05, 0.1) is 59.3 Å². The maximum atomic E-state index is 15.2. The third-order valence-electron chi connectivity index (χ3n) is 19.6. The number of thiazole rings is 1. The van der Waals surface area contributed by atoms with Gasteiger partial charge < -0.3 is 34.1 Å². The second kappa shape index (κ2) is 23.7. The summed E-state index contributed by atoms with van der Waals surface area (Å²) in [4.78, 5) is 93.9. The number of likely N-dealkylation sites (N-methyl/N-ethyl adjacent to an activating group) is 1. The van der Waals surface area contributed by atoms with Crippen LogP contribution in [-0.2, 0) is 52.8 Å². The second-order valence-electron chi connectivity index (χ2n) is 27.3. The largest absolute Gasteiger partial charge is 0.464 e. The van der Waals surface area contributed by atoms with Crippen molar-refractivity contribution in [3.8, 4) is 22.5 Å². The molecule has 466 valence electrons. The van der Waals surface area contributed by atoms with Crippen LogP contribution >= 0.6 is 11.3 Å². The van der Waals surface area contributed by atoms with Crippen LogP contribution < -0.4 is 15.6 Å². The molecule has 7 fully saturated rings. The number of fused-ring (bicyclic) bond motifs is 6. The minimum atomic E-state index is -4.61. The number of methoxy groups -OCH3 is 1. The van der Waals surface area contributed by atoms with Crippen LogP contribution in [0.5, 0.6) is 0 Å². The molecule has 1 spiro atoms. The van der Waals surface area contributed by atoms with Crippen molar-refractivity contribution < 1.29 is 46.6 Å². The van der Waals surface area contributed by atoms with Crippen molar-refractivity contribution >= 4 is 57.5 Å². The lowest BCUT2D eigenvalue weighted by Crippen LogP contribution is -2.62. The lowest BCUT2D eigenvalue weighted by Gasteiger charge is -2.37. The average molecular weight is 1210 g/mol. The molecule has 8 aliphatic rings. The lowest BCUT2D eigenvalue weighted by atomic mass is 9.84. The molecule has 4 aromatic rings. The lowest BCUT2D eigenvalue weighted by molar-refractivity contribution is -0.155. The number of amides is 4. The number of hydrogen-bond acceptors (Lipinski definition) is 15. The highest BCUT2D eigenvalue weighted by Gasteiger charge is 2.61. The van der Waals surface area contributed by atoms with E-state index in [0.29, 0.717) is 101 Å². The predicted molar refractivity (Wildman–Crippen MR) is 321 cm³/mol. The zero-order valence-corrected chi connectivity index (χ0v) is 51.9. The Morgan fingerprint density at radius 1 is 0.965 bits per heavy atom. The van der Waals surface area contributed by atoms with Crippen LogP contribution in [0.4, 0.5) is 18.9 Å². The van der Waals surface area contributed by atoms with Crippen molar-refractivity contribution in [3.63, 3.8) is 0 Å². The van der Waals surface area contributed by atoms with Gasteiger partial charge in [-0.25, -0.2) is 10.4 Å². The Hall–Kier alpha value is -5.72. The van der Waals surface area contributed by atoms with Crippen molar-refractivity contribution in [2.45, 2.75) is 154 Å². The van der Waals surface area contributed by atoms with Gasteiger partial charge in [-0.15, -0.1) is 11.3 Å². The molecule has 3 aromatic heterocycles. The number of likely N-dealkylation sites (tertiary alicyclic amines) is 2. The van der Waals surface area contributed by atoms with E-state index in [2.05, 4.69) is 30.3 Å². The van der Waals surface area contributed by atoms with Gasteiger partial charge in [-0.3, -0.25) is 48.7 Å². The van der Waals surface area contributed by atoms with E-state index < -0.39 is 54.2 Å². The normalized spacial score (nSPS) is 27.4. The Morgan fingerprint density at radius 2 is 1.72 bits per heavy atom. The van der Waals surface area contributed by atoms with E-state index in [4.69, 9.17) is 19.4 Å². The zero-order valence-electron chi connectivity index (χ0n) is 51.1. The van der Waals surface area contributed by atoms with Crippen molar-refractivity contribution in [3.05, 3.63) is 52.1 Å². The van der Waals surface area contributed by atoms with Gasteiger partial charge >= 0.3 is 12.1 Å². The van der Waals surface area contributed by atoms with E-state index in [1.807, 2.05) is 63.2 Å². The summed E-state index contributed by atoms with van der Waals surface area (Å²) in [5.41, 5.74) is 6.61. The first kappa shape index (κ1) is 60.6. The van der Waals surface area contributed by atoms with Crippen LogP contribution in [0, 0.1) is 22.7 Å². The number of rotatable bonds is 14. The first-order valence-electron chi connectivity index (χ1n) is 31.2. The first-order chi connectivity index (χ1) is 41.0. The van der Waals surface area contributed by atoms with Crippen molar-refractivity contribution in [2.24, 2.45) is 22.7 Å². The molecule has 6 bridgehead atoms. The molecule has 0 radical (unpaired) electrons. The van der Waals surface area contributed by atoms with Crippen molar-refractivity contribution in [1.29, 1.82) is 0 Å². The van der Waals surface area contributed by atoms with Crippen LogP contribution in [0.3, 0.4) is 0 Å². The number of carbonyl (C=O) groups is 5. The number of nitrogens with zero attached hydrogens (tertiary/aromatic N) is 10. The Bertz CT molecular complexity index is 3240. The number of pyridine rings is 1. The molecule has 12 rings (SSSR count). The second-order valence-corrected chi connectivity index (χ2v) is 28.3. The maximum Gasteiger partial charge on any atom is 0.406 e. The summed E-state index contributed by atoms with van der Waals surface area (Å²) in [5, 5.41) is 7.65. The fraction of sp³-hybridized carbons (Fsp3) is 0.667. The van der Waals surface area contributed by atoms with E-state index in [1.165, 1.54) is 33.8 Å². The van der Waals surface area contributed by atoms with Gasteiger partial charge in [-0.2, -0.15) is 13.2 Å². The Balaban J connectivity index is 0.850. The van der Waals surface area contributed by atoms with Crippen LogP contribution in [0.25, 0.3) is 33.4 Å². The monoisotopic (exact) mass is 1210 g/mol. The number of piperazine rings is 1. The highest BCUT2D eigenvalue weighted by atomic mass is 32.1. The highest BCUT2D eigenvalue weighted by Crippen LogP contribution is 2.50. The van der Waals surface area contributed by atoms with Crippen LogP contribution in [0.2, 0.25) is 0 Å². The third-order valence-corrected chi connectivity index (χ3v) is 20.5. The zero-order chi connectivity index (χ0) is 60.7. The molecule has 2 saturated carbocycles. The molecule has 2 N–H and O–H groups in total. The molecule has 3 unspecified atom stereocenters. The first-order valence-corrected chi connectivity index (χ1v) is 32.1. The van der Waals surface area contributed by atoms with Crippen LogP contribution in [0.1, 0.15) is 108 Å². The van der Waals surface area contributed by atoms with E-state index in [9.17, 15) is 14.4 Å². The summed E-state index contributed by atoms with van der Waals surface area (Å²) in [6.45, 7) is 14.6.